The molecule has 33 heavy (non-hydrogen) atoms. The molecule has 1 fully saturated rings. The maximum atomic E-state index is 13.3. The van der Waals surface area contributed by atoms with Crippen molar-refractivity contribution in [1.82, 2.24) is 9.79 Å². The van der Waals surface area contributed by atoms with Gasteiger partial charge in [0.25, 0.3) is 5.91 Å². The summed E-state index contributed by atoms with van der Waals surface area (Å²) in [6.45, 7) is 3.95. The minimum Gasteiger partial charge on any atom is -0.497 e. The highest BCUT2D eigenvalue weighted by atomic mass is 32.2. The highest BCUT2D eigenvalue weighted by Crippen LogP contribution is 2.38. The van der Waals surface area contributed by atoms with Crippen molar-refractivity contribution in [3.8, 4) is 17.2 Å². The molecule has 0 unspecified atom stereocenters. The first-order chi connectivity index (χ1) is 15.6. The van der Waals surface area contributed by atoms with E-state index >= 15 is 0 Å². The van der Waals surface area contributed by atoms with Gasteiger partial charge in [-0.15, -0.1) is 0 Å². The van der Waals surface area contributed by atoms with Crippen molar-refractivity contribution < 1.29 is 32.6 Å². The molecule has 1 heterocycles. The molecule has 0 aromatic heterocycles. The lowest BCUT2D eigenvalue weighted by molar-refractivity contribution is -0.134. The Morgan fingerprint density at radius 3 is 2.27 bits per heavy atom. The molecule has 1 atom stereocenters. The summed E-state index contributed by atoms with van der Waals surface area (Å²) < 4.78 is 43.4. The fourth-order valence-corrected chi connectivity index (χ4v) is 6.79. The second-order valence-electron chi connectivity index (χ2n) is 7.93. The van der Waals surface area contributed by atoms with Crippen LogP contribution in [0.25, 0.3) is 0 Å². The Bertz CT molecular complexity index is 1070. The van der Waals surface area contributed by atoms with Crippen molar-refractivity contribution in [2.75, 3.05) is 26.5 Å². The molecule has 0 radical (unpaired) electrons. The SMILES string of the molecule is COc1cc(COc2ccc(S(=O)(=O)N3CCSC(C)(C)[C@@H]3C(=O)NO)cc2)cc(OC)c1. The van der Waals surface area contributed by atoms with Crippen LogP contribution < -0.4 is 19.7 Å². The van der Waals surface area contributed by atoms with Gasteiger partial charge in [0.2, 0.25) is 10.0 Å². The normalized spacial score (nSPS) is 18.4. The fraction of sp³-hybridized carbons (Fsp3) is 0.409. The first kappa shape index (κ1) is 25.2. The number of hydrogen-bond acceptors (Lipinski definition) is 8. The standard InChI is InChI=1S/C22H28N2O7S2/c1-22(2)20(21(25)23-26)24(9-10-32-22)33(27,28)19-7-5-16(6-8-19)31-14-15-11-17(29-3)13-18(12-15)30-4/h5-8,11-13,20,26H,9-10,14H2,1-4H3,(H,23,25)/t20-/m0/s1. The van der Waals surface area contributed by atoms with Crippen molar-refractivity contribution >= 4 is 27.7 Å². The van der Waals surface area contributed by atoms with Crippen molar-refractivity contribution in [2.24, 2.45) is 0 Å². The number of carbonyl (C=O) groups is 1. The van der Waals surface area contributed by atoms with Crippen LogP contribution in [-0.4, -0.2) is 61.1 Å². The predicted molar refractivity (Wildman–Crippen MR) is 124 cm³/mol. The Morgan fingerprint density at radius 2 is 1.73 bits per heavy atom. The number of ether oxygens (including phenoxy) is 3. The first-order valence-corrected chi connectivity index (χ1v) is 12.6. The van der Waals surface area contributed by atoms with Crippen molar-refractivity contribution in [3.05, 3.63) is 48.0 Å². The molecule has 1 saturated heterocycles. The predicted octanol–water partition coefficient (Wildman–Crippen LogP) is 2.67. The van der Waals surface area contributed by atoms with Crippen molar-refractivity contribution in [2.45, 2.75) is 36.1 Å². The van der Waals surface area contributed by atoms with Gasteiger partial charge in [-0.25, -0.2) is 13.9 Å². The van der Waals surface area contributed by atoms with E-state index in [1.807, 2.05) is 12.1 Å². The van der Waals surface area contributed by atoms with Gasteiger partial charge in [-0.3, -0.25) is 10.0 Å². The van der Waals surface area contributed by atoms with Gasteiger partial charge >= 0.3 is 0 Å². The summed E-state index contributed by atoms with van der Waals surface area (Å²) >= 11 is 1.48. The minimum absolute atomic E-state index is 0.0383. The van der Waals surface area contributed by atoms with Gasteiger partial charge in [-0.05, 0) is 55.8 Å². The average Bonchev–Trinajstić information content (AvgIpc) is 2.81. The molecule has 180 valence electrons. The van der Waals surface area contributed by atoms with Gasteiger partial charge in [-0.1, -0.05) is 0 Å². The summed E-state index contributed by atoms with van der Waals surface area (Å²) in [6, 6.07) is 10.4. The van der Waals surface area contributed by atoms with Crippen LogP contribution in [0.15, 0.2) is 47.4 Å². The number of thioether (sulfide) groups is 1. The zero-order valence-corrected chi connectivity index (χ0v) is 20.5. The summed E-state index contributed by atoms with van der Waals surface area (Å²) in [6.07, 6.45) is 0. The summed E-state index contributed by atoms with van der Waals surface area (Å²) in [5.74, 6) is 1.53. The number of carbonyl (C=O) groups excluding carboxylic acids is 1. The second-order valence-corrected chi connectivity index (χ2v) is 11.6. The average molecular weight is 497 g/mol. The van der Waals surface area contributed by atoms with E-state index in [1.165, 1.54) is 23.9 Å². The van der Waals surface area contributed by atoms with E-state index in [0.717, 1.165) is 9.87 Å². The zero-order valence-electron chi connectivity index (χ0n) is 18.9. The van der Waals surface area contributed by atoms with Gasteiger partial charge < -0.3 is 14.2 Å². The van der Waals surface area contributed by atoms with Crippen molar-refractivity contribution in [3.63, 3.8) is 0 Å². The molecule has 0 aliphatic carbocycles. The number of amides is 1. The molecule has 1 amide bonds. The molecule has 2 aromatic rings. The smallest absolute Gasteiger partial charge is 0.263 e. The largest absolute Gasteiger partial charge is 0.497 e. The Morgan fingerprint density at radius 1 is 1.12 bits per heavy atom. The van der Waals surface area contributed by atoms with E-state index in [2.05, 4.69) is 0 Å². The molecular formula is C22H28N2O7S2. The van der Waals surface area contributed by atoms with Gasteiger partial charge in [0, 0.05) is 23.1 Å². The number of methoxy groups -OCH3 is 2. The molecule has 11 heteroatoms. The molecule has 9 nitrogen and oxygen atoms in total. The van der Waals surface area contributed by atoms with E-state index in [1.54, 1.807) is 51.7 Å². The summed E-state index contributed by atoms with van der Waals surface area (Å²) in [7, 11) is -0.850. The number of benzene rings is 2. The third-order valence-electron chi connectivity index (χ3n) is 5.34. The van der Waals surface area contributed by atoms with E-state index in [4.69, 9.17) is 19.4 Å². The molecule has 0 saturated carbocycles. The van der Waals surface area contributed by atoms with Gasteiger partial charge in [-0.2, -0.15) is 16.1 Å². The van der Waals surface area contributed by atoms with Crippen molar-refractivity contribution in [1.29, 1.82) is 0 Å². The molecular weight excluding hydrogens is 468 g/mol. The van der Waals surface area contributed by atoms with Crippen LogP contribution >= 0.6 is 11.8 Å². The molecule has 3 rings (SSSR count). The third-order valence-corrected chi connectivity index (χ3v) is 8.57. The van der Waals surface area contributed by atoms with Crippen LogP contribution in [0, 0.1) is 0 Å². The third kappa shape index (κ3) is 5.55. The van der Waals surface area contributed by atoms with E-state index < -0.39 is 26.7 Å². The van der Waals surface area contributed by atoms with Gasteiger partial charge in [0.05, 0.1) is 19.1 Å². The number of hydrogen-bond donors (Lipinski definition) is 2. The minimum atomic E-state index is -3.98. The number of hydroxylamine groups is 1. The number of nitrogens with zero attached hydrogens (tertiary/aromatic N) is 1. The maximum Gasteiger partial charge on any atom is 0.263 e. The first-order valence-electron chi connectivity index (χ1n) is 10.2. The topological polar surface area (TPSA) is 114 Å². The Kier molecular flexibility index (Phi) is 7.78. The molecule has 0 spiro atoms. The van der Waals surface area contributed by atoms with E-state index in [9.17, 15) is 13.2 Å². The molecule has 1 aliphatic rings. The highest BCUT2D eigenvalue weighted by molar-refractivity contribution is 8.00. The number of nitrogens with one attached hydrogen (secondary N) is 1. The maximum absolute atomic E-state index is 13.3. The molecule has 2 N–H and O–H groups in total. The van der Waals surface area contributed by atoms with E-state index in [-0.39, 0.29) is 18.0 Å². The summed E-state index contributed by atoms with van der Waals surface area (Å²) in [5, 5.41) is 9.17. The highest BCUT2D eigenvalue weighted by Gasteiger charge is 2.48. The van der Waals surface area contributed by atoms with Crippen LogP contribution in [0.1, 0.15) is 19.4 Å². The lowest BCUT2D eigenvalue weighted by Gasteiger charge is -2.43. The second kappa shape index (κ2) is 10.2. The van der Waals surface area contributed by atoms with Crippen LogP contribution in [-0.2, 0) is 21.4 Å². The lowest BCUT2D eigenvalue weighted by Crippen LogP contribution is -2.61. The monoisotopic (exact) mass is 496 g/mol. The van der Waals surface area contributed by atoms with Gasteiger partial charge in [0.15, 0.2) is 0 Å². The van der Waals surface area contributed by atoms with Crippen LogP contribution in [0.5, 0.6) is 17.2 Å². The molecule has 1 aliphatic heterocycles. The Balaban J connectivity index is 1.78. The quantitative estimate of drug-likeness (QED) is 0.424. The Labute approximate surface area is 198 Å². The van der Waals surface area contributed by atoms with Crippen LogP contribution in [0.3, 0.4) is 0 Å². The number of sulfonamides is 1. The summed E-state index contributed by atoms with van der Waals surface area (Å²) in [5.41, 5.74) is 2.43. The lowest BCUT2D eigenvalue weighted by atomic mass is 10.0. The summed E-state index contributed by atoms with van der Waals surface area (Å²) in [4.78, 5) is 12.4. The fourth-order valence-electron chi connectivity index (χ4n) is 3.68. The van der Waals surface area contributed by atoms with E-state index in [0.29, 0.717) is 23.0 Å². The molecule has 0 bridgehead atoms. The van der Waals surface area contributed by atoms with Crippen LogP contribution in [0.2, 0.25) is 0 Å². The number of rotatable bonds is 8. The molecule has 2 aromatic carbocycles. The van der Waals surface area contributed by atoms with Gasteiger partial charge in [0.1, 0.15) is 29.9 Å². The zero-order chi connectivity index (χ0) is 24.2. The van der Waals surface area contributed by atoms with Crippen LogP contribution in [0.4, 0.5) is 0 Å². The Hall–Kier alpha value is -2.47.